The molecule has 1 aliphatic heterocycles. The van der Waals surface area contributed by atoms with E-state index in [2.05, 4.69) is 42.2 Å². The van der Waals surface area contributed by atoms with Crippen molar-refractivity contribution < 1.29 is 4.74 Å². The molecule has 94 valence electrons. The van der Waals surface area contributed by atoms with Gasteiger partial charge in [0, 0.05) is 18.0 Å². The quantitative estimate of drug-likeness (QED) is 0.851. The van der Waals surface area contributed by atoms with Crippen molar-refractivity contribution in [3.8, 4) is 5.88 Å². The summed E-state index contributed by atoms with van der Waals surface area (Å²) in [6.07, 6.45) is 2.80. The fourth-order valence-electron chi connectivity index (χ4n) is 2.06. The lowest BCUT2D eigenvalue weighted by atomic mass is 10.1. The molecule has 0 unspecified atom stereocenters. The van der Waals surface area contributed by atoms with Crippen LogP contribution < -0.4 is 9.64 Å². The van der Waals surface area contributed by atoms with Gasteiger partial charge in [-0.25, -0.2) is 4.98 Å². The largest absolute Gasteiger partial charge is 0.480 e. The van der Waals surface area contributed by atoms with Gasteiger partial charge < -0.3 is 9.64 Å². The van der Waals surface area contributed by atoms with Crippen LogP contribution in [0.25, 0.3) is 0 Å². The molecular formula is C12H12BrN3OS. The van der Waals surface area contributed by atoms with Crippen molar-refractivity contribution in [3.05, 3.63) is 32.6 Å². The third-order valence-electron chi connectivity index (χ3n) is 2.98. The van der Waals surface area contributed by atoms with E-state index in [1.807, 2.05) is 11.3 Å². The Morgan fingerprint density at radius 2 is 2.39 bits per heavy atom. The van der Waals surface area contributed by atoms with Gasteiger partial charge in [0.2, 0.25) is 11.8 Å². The summed E-state index contributed by atoms with van der Waals surface area (Å²) in [7, 11) is 1.62. The molecule has 2 aromatic rings. The van der Waals surface area contributed by atoms with E-state index in [0.717, 1.165) is 29.9 Å². The van der Waals surface area contributed by atoms with E-state index in [1.165, 1.54) is 10.4 Å². The fourth-order valence-corrected chi connectivity index (χ4v) is 3.30. The molecule has 0 saturated heterocycles. The summed E-state index contributed by atoms with van der Waals surface area (Å²) in [4.78, 5) is 12.4. The van der Waals surface area contributed by atoms with Gasteiger partial charge in [0.15, 0.2) is 0 Å². The third-order valence-corrected chi connectivity index (χ3v) is 4.55. The molecule has 4 nitrogen and oxygen atoms in total. The van der Waals surface area contributed by atoms with Crippen molar-refractivity contribution >= 4 is 33.2 Å². The normalized spacial score (nSPS) is 14.4. The van der Waals surface area contributed by atoms with Gasteiger partial charge in [-0.05, 0) is 39.4 Å². The lowest BCUT2D eigenvalue weighted by molar-refractivity contribution is 0.393. The maximum atomic E-state index is 5.21. The van der Waals surface area contributed by atoms with Gasteiger partial charge in [0.05, 0.1) is 17.8 Å². The highest BCUT2D eigenvalue weighted by Crippen LogP contribution is 2.28. The predicted molar refractivity (Wildman–Crippen MR) is 75.4 cm³/mol. The maximum absolute atomic E-state index is 5.21. The van der Waals surface area contributed by atoms with Crippen LogP contribution in [0.15, 0.2) is 22.1 Å². The molecule has 0 bridgehead atoms. The number of fused-ring (bicyclic) bond motifs is 1. The SMILES string of the molecule is COc1nc(N2CCc3sccc3C2)ncc1Br. The van der Waals surface area contributed by atoms with Crippen molar-refractivity contribution in [2.45, 2.75) is 13.0 Å². The van der Waals surface area contributed by atoms with Crippen molar-refractivity contribution in [1.29, 1.82) is 0 Å². The molecule has 6 heteroatoms. The van der Waals surface area contributed by atoms with E-state index < -0.39 is 0 Å². The minimum absolute atomic E-state index is 0.580. The number of aromatic nitrogens is 2. The smallest absolute Gasteiger partial charge is 0.232 e. The first-order chi connectivity index (χ1) is 8.78. The molecule has 0 radical (unpaired) electrons. The lowest BCUT2D eigenvalue weighted by Crippen LogP contribution is -2.30. The van der Waals surface area contributed by atoms with Crippen molar-refractivity contribution in [3.63, 3.8) is 0 Å². The highest BCUT2D eigenvalue weighted by molar-refractivity contribution is 9.10. The van der Waals surface area contributed by atoms with Crippen LogP contribution in [-0.4, -0.2) is 23.6 Å². The summed E-state index contributed by atoms with van der Waals surface area (Å²) in [5.41, 5.74) is 1.39. The Bertz CT molecular complexity index is 572. The number of halogens is 1. The van der Waals surface area contributed by atoms with Crippen LogP contribution in [0.5, 0.6) is 5.88 Å². The molecule has 1 aliphatic rings. The molecule has 0 spiro atoms. The van der Waals surface area contributed by atoms with Crippen molar-refractivity contribution in [2.75, 3.05) is 18.6 Å². The zero-order valence-electron chi connectivity index (χ0n) is 9.89. The topological polar surface area (TPSA) is 38.2 Å². The number of nitrogens with zero attached hydrogens (tertiary/aromatic N) is 3. The average Bonchev–Trinajstić information content (AvgIpc) is 2.86. The van der Waals surface area contributed by atoms with Crippen molar-refractivity contribution in [2.24, 2.45) is 0 Å². The molecule has 0 aromatic carbocycles. The zero-order valence-corrected chi connectivity index (χ0v) is 12.3. The first kappa shape index (κ1) is 11.9. The highest BCUT2D eigenvalue weighted by Gasteiger charge is 2.20. The molecule has 0 atom stereocenters. The van der Waals surface area contributed by atoms with Gasteiger partial charge in [0.25, 0.3) is 0 Å². The summed E-state index contributed by atoms with van der Waals surface area (Å²) in [5, 5.41) is 2.15. The average molecular weight is 326 g/mol. The molecule has 0 saturated carbocycles. The van der Waals surface area contributed by atoms with Crippen LogP contribution in [0.1, 0.15) is 10.4 Å². The Kier molecular flexibility index (Phi) is 3.22. The summed E-state index contributed by atoms with van der Waals surface area (Å²) in [6.45, 7) is 1.84. The second-order valence-electron chi connectivity index (χ2n) is 4.07. The lowest BCUT2D eigenvalue weighted by Gasteiger charge is -2.27. The first-order valence-electron chi connectivity index (χ1n) is 5.64. The first-order valence-corrected chi connectivity index (χ1v) is 7.32. The Morgan fingerprint density at radius 1 is 1.50 bits per heavy atom. The Labute approximate surface area is 118 Å². The van der Waals surface area contributed by atoms with Gasteiger partial charge in [-0.1, -0.05) is 0 Å². The number of methoxy groups -OCH3 is 1. The zero-order chi connectivity index (χ0) is 12.5. The van der Waals surface area contributed by atoms with Crippen LogP contribution in [0.4, 0.5) is 5.95 Å². The van der Waals surface area contributed by atoms with Gasteiger partial charge in [0.1, 0.15) is 0 Å². The van der Waals surface area contributed by atoms with Gasteiger partial charge >= 0.3 is 0 Å². The van der Waals surface area contributed by atoms with E-state index in [9.17, 15) is 0 Å². The monoisotopic (exact) mass is 325 g/mol. The van der Waals surface area contributed by atoms with Crippen LogP contribution >= 0.6 is 27.3 Å². The highest BCUT2D eigenvalue weighted by atomic mass is 79.9. The number of rotatable bonds is 2. The second-order valence-corrected chi connectivity index (χ2v) is 5.92. The molecule has 3 heterocycles. The van der Waals surface area contributed by atoms with Gasteiger partial charge in [-0.15, -0.1) is 11.3 Å². The van der Waals surface area contributed by atoms with Crippen LogP contribution in [0.2, 0.25) is 0 Å². The number of thiophene rings is 1. The van der Waals surface area contributed by atoms with Gasteiger partial charge in [-0.3, -0.25) is 0 Å². The summed E-state index contributed by atoms with van der Waals surface area (Å²) < 4.78 is 5.99. The summed E-state index contributed by atoms with van der Waals surface area (Å²) in [5.74, 6) is 1.31. The molecule has 2 aromatic heterocycles. The molecular weight excluding hydrogens is 314 g/mol. The summed E-state index contributed by atoms with van der Waals surface area (Å²) in [6, 6.07) is 2.18. The Balaban J connectivity index is 1.88. The van der Waals surface area contributed by atoms with Gasteiger partial charge in [-0.2, -0.15) is 4.98 Å². The minimum Gasteiger partial charge on any atom is -0.480 e. The van der Waals surface area contributed by atoms with E-state index in [-0.39, 0.29) is 0 Å². The number of hydrogen-bond acceptors (Lipinski definition) is 5. The molecule has 0 amide bonds. The molecule has 0 fully saturated rings. The van der Waals surface area contributed by atoms with Crippen LogP contribution in [0, 0.1) is 0 Å². The Morgan fingerprint density at radius 3 is 3.22 bits per heavy atom. The minimum atomic E-state index is 0.580. The predicted octanol–water partition coefficient (Wildman–Crippen LogP) is 2.87. The number of anilines is 1. The number of ether oxygens (including phenoxy) is 1. The van der Waals surface area contributed by atoms with Crippen molar-refractivity contribution in [1.82, 2.24) is 9.97 Å². The van der Waals surface area contributed by atoms with E-state index in [4.69, 9.17) is 4.74 Å². The molecule has 0 aliphatic carbocycles. The summed E-state index contributed by atoms with van der Waals surface area (Å²) >= 11 is 5.20. The Hall–Kier alpha value is -1.14. The van der Waals surface area contributed by atoms with E-state index in [0.29, 0.717) is 5.88 Å². The third kappa shape index (κ3) is 2.10. The molecule has 18 heavy (non-hydrogen) atoms. The van der Waals surface area contributed by atoms with Crippen LogP contribution in [-0.2, 0) is 13.0 Å². The molecule has 3 rings (SSSR count). The fraction of sp³-hybridized carbons (Fsp3) is 0.333. The van der Waals surface area contributed by atoms with E-state index >= 15 is 0 Å². The number of hydrogen-bond donors (Lipinski definition) is 0. The van der Waals surface area contributed by atoms with Crippen LogP contribution in [0.3, 0.4) is 0 Å². The maximum Gasteiger partial charge on any atom is 0.232 e. The van der Waals surface area contributed by atoms with E-state index in [1.54, 1.807) is 13.3 Å². The second kappa shape index (κ2) is 4.85. The standard InChI is InChI=1S/C12H12BrN3OS/c1-17-11-9(13)6-14-12(15-11)16-4-2-10-8(7-16)3-5-18-10/h3,5-6H,2,4,7H2,1H3. The molecule has 0 N–H and O–H groups in total.